The smallest absolute Gasteiger partial charge is 0.416 e. The number of hydrogen-bond donors (Lipinski definition) is 0. The van der Waals surface area contributed by atoms with Gasteiger partial charge in [-0.15, -0.1) is 0 Å². The van der Waals surface area contributed by atoms with Crippen LogP contribution in [-0.2, 0) is 17.5 Å². The normalized spacial score (nSPS) is 19.8. The van der Waals surface area contributed by atoms with E-state index in [9.17, 15) is 18.0 Å². The Bertz CT molecular complexity index is 1170. The predicted molar refractivity (Wildman–Crippen MR) is 124 cm³/mol. The van der Waals surface area contributed by atoms with Crippen LogP contribution < -0.4 is 4.90 Å². The van der Waals surface area contributed by atoms with E-state index in [-0.39, 0.29) is 18.1 Å². The number of benzene rings is 2. The van der Waals surface area contributed by atoms with Gasteiger partial charge in [-0.25, -0.2) is 9.78 Å². The molecule has 33 heavy (non-hydrogen) atoms. The number of anilines is 1. The molecule has 4 rings (SSSR count). The van der Waals surface area contributed by atoms with Crippen molar-refractivity contribution in [3.05, 3.63) is 58.7 Å². The molecule has 0 saturated carbocycles. The van der Waals surface area contributed by atoms with Crippen molar-refractivity contribution in [3.63, 3.8) is 0 Å². The second-order valence-electron chi connectivity index (χ2n) is 8.65. The average molecular weight is 478 g/mol. The van der Waals surface area contributed by atoms with Gasteiger partial charge in [0, 0.05) is 31.7 Å². The molecule has 1 fully saturated rings. The minimum absolute atomic E-state index is 0.189. The molecule has 9 heteroatoms. The summed E-state index contributed by atoms with van der Waals surface area (Å²) in [6.45, 7) is 8.34. The number of hydrogen-bond acceptors (Lipinski definition) is 6. The Morgan fingerprint density at radius 1 is 1.15 bits per heavy atom. The van der Waals surface area contributed by atoms with E-state index in [0.717, 1.165) is 22.3 Å². The fourth-order valence-corrected chi connectivity index (χ4v) is 5.47. The molecule has 0 N–H and O–H groups in total. The molecule has 3 aromatic rings. The number of carbonyl (C=O) groups is 1. The highest BCUT2D eigenvalue weighted by atomic mass is 32.1. The number of nitrogens with zero attached hydrogens (tertiary/aromatic N) is 3. The Morgan fingerprint density at radius 2 is 1.85 bits per heavy atom. The molecule has 176 valence electrons. The lowest BCUT2D eigenvalue weighted by molar-refractivity contribution is -0.137. The SMILES string of the molecule is COC(=O)c1cc(C)cc(CN2C(C)CN(c3nc4ccc(C(F)(F)F)cc4s3)CC2C)c1. The number of ether oxygens (including phenoxy) is 1. The largest absolute Gasteiger partial charge is 0.465 e. The average Bonchev–Trinajstić information content (AvgIpc) is 3.18. The van der Waals surface area contributed by atoms with Crippen LogP contribution in [0.2, 0.25) is 0 Å². The minimum Gasteiger partial charge on any atom is -0.465 e. The van der Waals surface area contributed by atoms with Crippen molar-refractivity contribution in [3.8, 4) is 0 Å². The Morgan fingerprint density at radius 3 is 2.48 bits per heavy atom. The summed E-state index contributed by atoms with van der Waals surface area (Å²) < 4.78 is 44.6. The van der Waals surface area contributed by atoms with Crippen LogP contribution in [0, 0.1) is 6.92 Å². The zero-order chi connectivity index (χ0) is 23.9. The summed E-state index contributed by atoms with van der Waals surface area (Å²) in [5.41, 5.74) is 2.52. The molecular weight excluding hydrogens is 451 g/mol. The first kappa shape index (κ1) is 23.5. The number of aryl methyl sites for hydroxylation is 1. The summed E-state index contributed by atoms with van der Waals surface area (Å²) in [7, 11) is 1.37. The van der Waals surface area contributed by atoms with Crippen molar-refractivity contribution in [1.29, 1.82) is 0 Å². The van der Waals surface area contributed by atoms with Crippen molar-refractivity contribution in [2.24, 2.45) is 0 Å². The monoisotopic (exact) mass is 477 g/mol. The van der Waals surface area contributed by atoms with E-state index >= 15 is 0 Å². The first-order valence-corrected chi connectivity index (χ1v) is 11.5. The Balaban J connectivity index is 1.52. The quantitative estimate of drug-likeness (QED) is 0.464. The van der Waals surface area contributed by atoms with E-state index in [1.807, 2.05) is 19.1 Å². The highest BCUT2D eigenvalue weighted by Gasteiger charge is 2.33. The van der Waals surface area contributed by atoms with Crippen LogP contribution >= 0.6 is 11.3 Å². The van der Waals surface area contributed by atoms with Gasteiger partial charge in [-0.2, -0.15) is 13.2 Å². The lowest BCUT2D eigenvalue weighted by atomic mass is 10.0. The van der Waals surface area contributed by atoms with Gasteiger partial charge in [0.25, 0.3) is 0 Å². The number of rotatable bonds is 4. The third-order valence-corrected chi connectivity index (χ3v) is 7.08. The predicted octanol–water partition coefficient (Wildman–Crippen LogP) is 5.51. The molecule has 0 radical (unpaired) electrons. The van der Waals surface area contributed by atoms with E-state index in [1.54, 1.807) is 0 Å². The molecule has 1 aliphatic rings. The number of halogens is 3. The molecule has 1 aromatic heterocycles. The summed E-state index contributed by atoms with van der Waals surface area (Å²) in [4.78, 5) is 21.1. The van der Waals surface area contributed by atoms with Gasteiger partial charge >= 0.3 is 12.1 Å². The number of alkyl halides is 3. The van der Waals surface area contributed by atoms with Gasteiger partial charge in [0.15, 0.2) is 5.13 Å². The summed E-state index contributed by atoms with van der Waals surface area (Å²) in [6, 6.07) is 9.84. The number of esters is 1. The zero-order valence-electron chi connectivity index (χ0n) is 18.9. The maximum atomic E-state index is 13.1. The third-order valence-electron chi connectivity index (χ3n) is 6.00. The second-order valence-corrected chi connectivity index (χ2v) is 9.66. The number of fused-ring (bicyclic) bond motifs is 1. The van der Waals surface area contributed by atoms with Gasteiger partial charge in [-0.3, -0.25) is 4.90 Å². The molecule has 5 nitrogen and oxygen atoms in total. The van der Waals surface area contributed by atoms with E-state index < -0.39 is 11.7 Å². The molecule has 0 spiro atoms. The highest BCUT2D eigenvalue weighted by Crippen LogP contribution is 2.36. The molecule has 2 atom stereocenters. The van der Waals surface area contributed by atoms with Crippen molar-refractivity contribution in [2.75, 3.05) is 25.1 Å². The fourth-order valence-electron chi connectivity index (χ4n) is 4.45. The Hall–Kier alpha value is -2.65. The second kappa shape index (κ2) is 8.95. The molecule has 1 saturated heterocycles. The van der Waals surface area contributed by atoms with Crippen LogP contribution in [0.25, 0.3) is 10.2 Å². The molecule has 2 aromatic carbocycles. The van der Waals surface area contributed by atoms with Crippen molar-refractivity contribution >= 4 is 32.7 Å². The van der Waals surface area contributed by atoms with E-state index in [0.29, 0.717) is 35.4 Å². The molecule has 0 amide bonds. The Kier molecular flexibility index (Phi) is 6.37. The van der Waals surface area contributed by atoms with Gasteiger partial charge in [0.05, 0.1) is 28.5 Å². The summed E-state index contributed by atoms with van der Waals surface area (Å²) in [6.07, 6.45) is -4.36. The lowest BCUT2D eigenvalue weighted by Gasteiger charge is -2.44. The van der Waals surface area contributed by atoms with Crippen LogP contribution in [0.5, 0.6) is 0 Å². The van der Waals surface area contributed by atoms with Crippen molar-refractivity contribution < 1.29 is 22.7 Å². The number of carbonyl (C=O) groups excluding carboxylic acids is 1. The number of aromatic nitrogens is 1. The van der Waals surface area contributed by atoms with Crippen molar-refractivity contribution in [1.82, 2.24) is 9.88 Å². The molecule has 1 aliphatic heterocycles. The summed E-state index contributed by atoms with van der Waals surface area (Å²) >= 11 is 1.30. The fraction of sp³-hybridized carbons (Fsp3) is 0.417. The first-order valence-electron chi connectivity index (χ1n) is 10.7. The van der Waals surface area contributed by atoms with Crippen LogP contribution in [-0.4, -0.2) is 48.1 Å². The summed E-state index contributed by atoms with van der Waals surface area (Å²) in [5.74, 6) is -0.351. The van der Waals surface area contributed by atoms with Crippen molar-refractivity contribution in [2.45, 2.75) is 45.6 Å². The highest BCUT2D eigenvalue weighted by molar-refractivity contribution is 7.22. The zero-order valence-corrected chi connectivity index (χ0v) is 19.8. The van der Waals surface area contributed by atoms with Gasteiger partial charge in [-0.05, 0) is 62.2 Å². The van der Waals surface area contributed by atoms with Gasteiger partial charge in [0.2, 0.25) is 0 Å². The first-order chi connectivity index (χ1) is 15.5. The van der Waals surface area contributed by atoms with Crippen LogP contribution in [0.3, 0.4) is 0 Å². The molecular formula is C24H26F3N3O2S. The van der Waals surface area contributed by atoms with E-state index in [1.165, 1.54) is 30.6 Å². The Labute approximate surface area is 194 Å². The van der Waals surface area contributed by atoms with Gasteiger partial charge < -0.3 is 9.64 Å². The molecule has 2 heterocycles. The standard InChI is InChI=1S/C24H26F3N3O2S/c1-14-7-17(9-18(8-14)22(31)32-4)13-30-15(2)11-29(12-16(30)3)23-28-20-6-5-19(24(25,26)27)10-21(20)33-23/h5-10,15-16H,11-13H2,1-4H3. The van der Waals surface area contributed by atoms with Crippen LogP contribution in [0.4, 0.5) is 18.3 Å². The maximum absolute atomic E-state index is 13.1. The summed E-state index contributed by atoms with van der Waals surface area (Å²) in [5, 5.41) is 0.742. The third kappa shape index (κ3) is 4.99. The van der Waals surface area contributed by atoms with E-state index in [4.69, 9.17) is 4.74 Å². The molecule has 0 bridgehead atoms. The number of piperazine rings is 1. The van der Waals surface area contributed by atoms with Gasteiger partial charge in [-0.1, -0.05) is 17.4 Å². The number of thiazole rings is 1. The minimum atomic E-state index is -4.36. The lowest BCUT2D eigenvalue weighted by Crippen LogP contribution is -2.56. The number of methoxy groups -OCH3 is 1. The van der Waals surface area contributed by atoms with Crippen LogP contribution in [0.1, 0.15) is 40.9 Å². The molecule has 2 unspecified atom stereocenters. The maximum Gasteiger partial charge on any atom is 0.416 e. The topological polar surface area (TPSA) is 45.7 Å². The van der Waals surface area contributed by atoms with Crippen LogP contribution in [0.15, 0.2) is 36.4 Å². The van der Waals surface area contributed by atoms with E-state index in [2.05, 4.69) is 34.7 Å². The molecule has 0 aliphatic carbocycles. The van der Waals surface area contributed by atoms with Gasteiger partial charge in [0.1, 0.15) is 0 Å².